The van der Waals surface area contributed by atoms with Gasteiger partial charge in [0.1, 0.15) is 11.7 Å². The molecular formula is C20H17N5O3. The number of aromatic nitrogens is 4. The van der Waals surface area contributed by atoms with Gasteiger partial charge in [-0.25, -0.2) is 9.67 Å². The molecule has 0 atom stereocenters. The first-order valence-corrected chi connectivity index (χ1v) is 8.54. The third-order valence-corrected chi connectivity index (χ3v) is 4.25. The minimum Gasteiger partial charge on any atom is -0.504 e. The molecule has 140 valence electrons. The van der Waals surface area contributed by atoms with Gasteiger partial charge in [0.05, 0.1) is 26.1 Å². The fourth-order valence-corrected chi connectivity index (χ4v) is 2.81. The van der Waals surface area contributed by atoms with Crippen molar-refractivity contribution < 1.29 is 9.84 Å². The van der Waals surface area contributed by atoms with Crippen LogP contribution in [-0.2, 0) is 6.54 Å². The van der Waals surface area contributed by atoms with E-state index in [1.807, 2.05) is 30.3 Å². The highest BCUT2D eigenvalue weighted by molar-refractivity contribution is 5.81. The SMILES string of the molecule is COc1cc(/C=N/n2cnc3c(cnn3Cc3ccccc3)c2=O)ccc1O. The van der Waals surface area contributed by atoms with E-state index in [-0.39, 0.29) is 11.3 Å². The lowest BCUT2D eigenvalue weighted by Gasteiger charge is -2.04. The smallest absolute Gasteiger partial charge is 0.285 e. The van der Waals surface area contributed by atoms with E-state index in [4.69, 9.17) is 4.74 Å². The molecule has 8 nitrogen and oxygen atoms in total. The molecule has 0 saturated carbocycles. The zero-order chi connectivity index (χ0) is 19.5. The van der Waals surface area contributed by atoms with Crippen LogP contribution in [0.1, 0.15) is 11.1 Å². The molecular weight excluding hydrogens is 358 g/mol. The Kier molecular flexibility index (Phi) is 4.59. The van der Waals surface area contributed by atoms with Crippen molar-refractivity contribution in [3.63, 3.8) is 0 Å². The van der Waals surface area contributed by atoms with E-state index >= 15 is 0 Å². The normalized spacial score (nSPS) is 11.3. The van der Waals surface area contributed by atoms with Crippen LogP contribution in [0.2, 0.25) is 0 Å². The monoisotopic (exact) mass is 375 g/mol. The molecule has 1 N–H and O–H groups in total. The number of hydrogen-bond donors (Lipinski definition) is 1. The molecule has 0 fully saturated rings. The van der Waals surface area contributed by atoms with E-state index in [2.05, 4.69) is 15.2 Å². The Hall–Kier alpha value is -3.94. The second-order valence-corrected chi connectivity index (χ2v) is 6.10. The van der Waals surface area contributed by atoms with Crippen LogP contribution >= 0.6 is 0 Å². The first-order valence-electron chi connectivity index (χ1n) is 8.54. The Morgan fingerprint density at radius 1 is 1.21 bits per heavy atom. The zero-order valence-corrected chi connectivity index (χ0v) is 15.1. The van der Waals surface area contributed by atoms with Gasteiger partial charge in [0.15, 0.2) is 17.1 Å². The van der Waals surface area contributed by atoms with E-state index in [0.717, 1.165) is 10.2 Å². The van der Waals surface area contributed by atoms with Crippen LogP contribution in [0.25, 0.3) is 11.0 Å². The number of rotatable bonds is 5. The molecule has 0 spiro atoms. The Labute approximate surface area is 160 Å². The van der Waals surface area contributed by atoms with Crippen molar-refractivity contribution in [1.82, 2.24) is 19.4 Å². The van der Waals surface area contributed by atoms with Gasteiger partial charge in [-0.05, 0) is 29.3 Å². The van der Waals surface area contributed by atoms with Crippen LogP contribution in [0.4, 0.5) is 0 Å². The highest BCUT2D eigenvalue weighted by atomic mass is 16.5. The van der Waals surface area contributed by atoms with Crippen molar-refractivity contribution in [2.45, 2.75) is 6.54 Å². The van der Waals surface area contributed by atoms with Crippen molar-refractivity contribution in [2.75, 3.05) is 7.11 Å². The first kappa shape index (κ1) is 17.5. The topological polar surface area (TPSA) is 94.5 Å². The summed E-state index contributed by atoms with van der Waals surface area (Å²) in [6, 6.07) is 14.6. The molecule has 0 saturated heterocycles. The van der Waals surface area contributed by atoms with Gasteiger partial charge in [0.2, 0.25) is 0 Å². The maximum absolute atomic E-state index is 12.7. The van der Waals surface area contributed by atoms with Gasteiger partial charge in [0.25, 0.3) is 5.56 Å². The first-order chi connectivity index (χ1) is 13.7. The Balaban J connectivity index is 1.64. The lowest BCUT2D eigenvalue weighted by molar-refractivity contribution is 0.373. The Morgan fingerprint density at radius 3 is 2.82 bits per heavy atom. The standard InChI is InChI=1S/C20H17N5O3/c1-28-18-9-15(7-8-17(18)26)10-22-25-13-21-19-16(20(25)27)11-23-24(19)12-14-5-3-2-4-6-14/h2-11,13,26H,12H2,1H3/b22-10+. The number of benzene rings is 2. The molecule has 0 aliphatic rings. The summed E-state index contributed by atoms with van der Waals surface area (Å²) < 4.78 is 7.90. The summed E-state index contributed by atoms with van der Waals surface area (Å²) in [7, 11) is 1.46. The van der Waals surface area contributed by atoms with Crippen LogP contribution in [0, 0.1) is 0 Å². The molecule has 2 heterocycles. The molecule has 0 bridgehead atoms. The minimum absolute atomic E-state index is 0.0331. The zero-order valence-electron chi connectivity index (χ0n) is 15.1. The van der Waals surface area contributed by atoms with E-state index < -0.39 is 0 Å². The number of phenolic OH excluding ortho intramolecular Hbond substituents is 1. The predicted molar refractivity (Wildman–Crippen MR) is 105 cm³/mol. The van der Waals surface area contributed by atoms with Crippen molar-refractivity contribution >= 4 is 17.2 Å². The molecule has 8 heteroatoms. The molecule has 0 aliphatic heterocycles. The molecule has 4 rings (SSSR count). The Morgan fingerprint density at radius 2 is 2.04 bits per heavy atom. The number of fused-ring (bicyclic) bond motifs is 1. The quantitative estimate of drug-likeness (QED) is 0.540. The summed E-state index contributed by atoms with van der Waals surface area (Å²) in [4.78, 5) is 17.0. The molecule has 0 amide bonds. The molecule has 2 aromatic heterocycles. The third kappa shape index (κ3) is 3.35. The van der Waals surface area contributed by atoms with Crippen LogP contribution < -0.4 is 10.3 Å². The van der Waals surface area contributed by atoms with Crippen molar-refractivity contribution in [1.29, 1.82) is 0 Å². The lowest BCUT2D eigenvalue weighted by atomic mass is 10.2. The van der Waals surface area contributed by atoms with Crippen LogP contribution in [0.15, 0.2) is 71.0 Å². The second kappa shape index (κ2) is 7.36. The number of phenols is 1. The summed E-state index contributed by atoms with van der Waals surface area (Å²) >= 11 is 0. The number of ether oxygens (including phenoxy) is 1. The summed E-state index contributed by atoms with van der Waals surface area (Å²) in [6.07, 6.45) is 4.36. The minimum atomic E-state index is -0.314. The maximum Gasteiger partial charge on any atom is 0.285 e. The lowest BCUT2D eigenvalue weighted by Crippen LogP contribution is -2.17. The van der Waals surface area contributed by atoms with Gasteiger partial charge >= 0.3 is 0 Å². The van der Waals surface area contributed by atoms with E-state index in [9.17, 15) is 9.90 Å². The number of nitrogens with zero attached hydrogens (tertiary/aromatic N) is 5. The average Bonchev–Trinajstić information content (AvgIpc) is 3.13. The summed E-state index contributed by atoms with van der Waals surface area (Å²) in [5, 5.41) is 18.5. The highest BCUT2D eigenvalue weighted by Crippen LogP contribution is 2.25. The van der Waals surface area contributed by atoms with Crippen LogP contribution in [0.5, 0.6) is 11.5 Å². The summed E-state index contributed by atoms with van der Waals surface area (Å²) in [6.45, 7) is 0.525. The van der Waals surface area contributed by atoms with Crippen LogP contribution in [0.3, 0.4) is 0 Å². The fourth-order valence-electron chi connectivity index (χ4n) is 2.81. The number of aromatic hydroxyl groups is 1. The highest BCUT2D eigenvalue weighted by Gasteiger charge is 2.10. The largest absolute Gasteiger partial charge is 0.504 e. The summed E-state index contributed by atoms with van der Waals surface area (Å²) in [5.41, 5.74) is 1.93. The average molecular weight is 375 g/mol. The van der Waals surface area contributed by atoms with Crippen molar-refractivity contribution in [3.8, 4) is 11.5 Å². The second-order valence-electron chi connectivity index (χ2n) is 6.10. The van der Waals surface area contributed by atoms with E-state index in [0.29, 0.717) is 28.9 Å². The maximum atomic E-state index is 12.7. The van der Waals surface area contributed by atoms with Gasteiger partial charge in [-0.1, -0.05) is 30.3 Å². The molecule has 4 aromatic rings. The molecule has 0 unspecified atom stereocenters. The summed E-state index contributed by atoms with van der Waals surface area (Å²) in [5.74, 6) is 0.359. The van der Waals surface area contributed by atoms with Crippen molar-refractivity contribution in [2.24, 2.45) is 5.10 Å². The van der Waals surface area contributed by atoms with E-state index in [1.165, 1.54) is 31.9 Å². The van der Waals surface area contributed by atoms with Gasteiger partial charge in [-0.2, -0.15) is 14.9 Å². The molecule has 28 heavy (non-hydrogen) atoms. The predicted octanol–water partition coefficient (Wildman–Crippen LogP) is 2.24. The van der Waals surface area contributed by atoms with Gasteiger partial charge in [0, 0.05) is 0 Å². The third-order valence-electron chi connectivity index (χ3n) is 4.25. The molecule has 0 aliphatic carbocycles. The fraction of sp³-hybridized carbons (Fsp3) is 0.100. The number of methoxy groups -OCH3 is 1. The van der Waals surface area contributed by atoms with Gasteiger partial charge < -0.3 is 9.84 Å². The molecule has 2 aromatic carbocycles. The van der Waals surface area contributed by atoms with Gasteiger partial charge in [-0.3, -0.25) is 4.79 Å². The van der Waals surface area contributed by atoms with Crippen molar-refractivity contribution in [3.05, 3.63) is 82.5 Å². The van der Waals surface area contributed by atoms with Crippen LogP contribution in [-0.4, -0.2) is 37.9 Å². The molecule has 0 radical (unpaired) electrons. The Bertz CT molecular complexity index is 1210. The number of hydrogen-bond acceptors (Lipinski definition) is 6. The van der Waals surface area contributed by atoms with Gasteiger partial charge in [-0.15, -0.1) is 0 Å². The van der Waals surface area contributed by atoms with E-state index in [1.54, 1.807) is 16.8 Å².